The molecule has 5 fully saturated rings. The lowest BCUT2D eigenvalue weighted by molar-refractivity contribution is -0.135. The first-order valence-electron chi connectivity index (χ1n) is 21.4. The minimum absolute atomic E-state index is 0.00797. The summed E-state index contributed by atoms with van der Waals surface area (Å²) in [6.45, 7) is 8.28. The van der Waals surface area contributed by atoms with E-state index in [-0.39, 0.29) is 47.1 Å². The van der Waals surface area contributed by atoms with E-state index in [1.54, 1.807) is 17.9 Å². The molecule has 1 aliphatic carbocycles. The van der Waals surface area contributed by atoms with Gasteiger partial charge in [-0.05, 0) is 56.2 Å². The number of imide groups is 1. The Kier molecular flexibility index (Phi) is 10.4. The Labute approximate surface area is 355 Å². The Morgan fingerprint density at radius 3 is 2.53 bits per heavy atom. The summed E-state index contributed by atoms with van der Waals surface area (Å²) in [4.78, 5) is 62.8. The molecule has 8 heterocycles. The van der Waals surface area contributed by atoms with Crippen LogP contribution in [0.25, 0.3) is 16.7 Å². The zero-order chi connectivity index (χ0) is 42.7. The number of carbonyl (C=O) groups is 3. The first-order valence-corrected chi connectivity index (χ1v) is 21.4. The molecule has 4 saturated heterocycles. The third-order valence-electron chi connectivity index (χ3n) is 13.3. The summed E-state index contributed by atoms with van der Waals surface area (Å²) >= 11 is 0. The summed E-state index contributed by atoms with van der Waals surface area (Å²) in [5.41, 5.74) is 1.95. The van der Waals surface area contributed by atoms with E-state index in [4.69, 9.17) is 9.72 Å². The van der Waals surface area contributed by atoms with Crippen molar-refractivity contribution in [3.63, 3.8) is 0 Å². The number of imidazole rings is 1. The van der Waals surface area contributed by atoms with Crippen LogP contribution in [0.2, 0.25) is 0 Å². The highest BCUT2D eigenvalue weighted by molar-refractivity contribution is 6.08. The molecule has 3 amide bonds. The van der Waals surface area contributed by atoms with Gasteiger partial charge in [0.1, 0.15) is 17.4 Å². The zero-order valence-corrected chi connectivity index (χ0v) is 34.4. The molecule has 2 N–H and O–H groups in total. The van der Waals surface area contributed by atoms with E-state index in [0.29, 0.717) is 34.7 Å². The second-order valence-corrected chi connectivity index (χ2v) is 17.5. The Bertz CT molecular complexity index is 2680. The normalized spacial score (nSPS) is 23.0. The quantitative estimate of drug-likeness (QED) is 0.165. The summed E-state index contributed by atoms with van der Waals surface area (Å²) < 4.78 is 40.1. The van der Waals surface area contributed by atoms with E-state index >= 15 is 0 Å². The topological polar surface area (TPSA) is 169 Å². The number of carbonyl (C=O) groups excluding carboxylic acids is 3. The van der Waals surface area contributed by atoms with Crippen molar-refractivity contribution in [2.75, 3.05) is 75.8 Å². The molecule has 0 bridgehead atoms. The summed E-state index contributed by atoms with van der Waals surface area (Å²) in [5, 5.41) is 13.6. The largest absolute Gasteiger partial charge is 0.380 e. The Hall–Kier alpha value is -5.97. The van der Waals surface area contributed by atoms with Gasteiger partial charge >= 0.3 is 5.69 Å². The van der Waals surface area contributed by atoms with Gasteiger partial charge in [-0.15, -0.1) is 0 Å². The number of nitrogens with one attached hydrogen (secondary N) is 2. The fourth-order valence-corrected chi connectivity index (χ4v) is 9.84. The number of ether oxygens (including phenoxy) is 1. The molecule has 1 aromatic carbocycles. The van der Waals surface area contributed by atoms with Crippen LogP contribution in [0.3, 0.4) is 0 Å². The molecule has 1 atom stereocenters. The standard InChI is InChI=1S/C43H48F2N12O5/c1-51-37-28(4-2-6-32(37)57(42(51)61)33-11-12-35(58)49-41(33)60)5-3-14-52-16-18-53(19-17-52)21-27-7-9-29(10-8-27)56-22-31(36(50-56)38(44)45)47-40(59)30-20-46-55-15-13-34(48-39(30)55)54-23-43(24-54)25-62-26-43/h2,4,6,13,15,20,22,27,29,33,38H,7-12,14,16-19,21,23-26H2,1H3,(H,47,59)(H,49,58,60)/t27-,29-,33?. The molecule has 324 valence electrons. The number of piperidine rings is 1. The smallest absolute Gasteiger partial charge is 0.329 e. The number of fused-ring (bicyclic) bond motifs is 2. The second-order valence-electron chi connectivity index (χ2n) is 17.5. The van der Waals surface area contributed by atoms with Crippen molar-refractivity contribution in [1.29, 1.82) is 0 Å². The maximum Gasteiger partial charge on any atom is 0.329 e. The third-order valence-corrected chi connectivity index (χ3v) is 13.3. The van der Waals surface area contributed by atoms with Gasteiger partial charge in [-0.25, -0.2) is 23.1 Å². The van der Waals surface area contributed by atoms with Crippen molar-refractivity contribution in [1.82, 2.24) is 48.6 Å². The number of benzene rings is 1. The molecule has 4 aliphatic heterocycles. The Morgan fingerprint density at radius 2 is 1.81 bits per heavy atom. The second kappa shape index (κ2) is 16.1. The average Bonchev–Trinajstić information content (AvgIpc) is 3.92. The lowest BCUT2D eigenvalue weighted by Gasteiger charge is -2.55. The molecule has 5 aliphatic rings. The number of alkyl halides is 2. The summed E-state index contributed by atoms with van der Waals surface area (Å²) in [6, 6.07) is 6.58. The van der Waals surface area contributed by atoms with Crippen molar-refractivity contribution < 1.29 is 27.9 Å². The number of anilines is 2. The molecule has 1 unspecified atom stereocenters. The van der Waals surface area contributed by atoms with Gasteiger partial charge in [0.05, 0.1) is 59.7 Å². The van der Waals surface area contributed by atoms with Crippen LogP contribution < -0.4 is 21.2 Å². The summed E-state index contributed by atoms with van der Waals surface area (Å²) in [6.07, 6.45) is 5.78. The van der Waals surface area contributed by atoms with Crippen molar-refractivity contribution in [2.24, 2.45) is 18.4 Å². The highest BCUT2D eigenvalue weighted by Gasteiger charge is 2.49. The fraction of sp³-hybridized carbons (Fsp3) is 0.512. The predicted octanol–water partition coefficient (Wildman–Crippen LogP) is 2.98. The van der Waals surface area contributed by atoms with Crippen molar-refractivity contribution in [3.05, 3.63) is 70.2 Å². The predicted molar refractivity (Wildman–Crippen MR) is 223 cm³/mol. The molecule has 10 rings (SSSR count). The van der Waals surface area contributed by atoms with Gasteiger partial charge in [-0.2, -0.15) is 10.2 Å². The van der Waals surface area contributed by atoms with E-state index in [2.05, 4.69) is 47.4 Å². The van der Waals surface area contributed by atoms with Gasteiger partial charge in [-0.3, -0.25) is 38.4 Å². The van der Waals surface area contributed by atoms with Gasteiger partial charge in [0.2, 0.25) is 11.8 Å². The lowest BCUT2D eigenvalue weighted by Crippen LogP contribution is -2.66. The number of aryl methyl sites for hydroxylation is 1. The van der Waals surface area contributed by atoms with Crippen LogP contribution in [-0.4, -0.2) is 127 Å². The van der Waals surface area contributed by atoms with Crippen LogP contribution in [0, 0.1) is 23.2 Å². The van der Waals surface area contributed by atoms with Gasteiger partial charge in [0, 0.05) is 71.7 Å². The number of hydrogen-bond acceptors (Lipinski definition) is 11. The lowest BCUT2D eigenvalue weighted by atomic mass is 9.78. The van der Waals surface area contributed by atoms with Crippen LogP contribution in [0.15, 0.2) is 47.7 Å². The van der Waals surface area contributed by atoms with Crippen molar-refractivity contribution in [3.8, 4) is 11.8 Å². The van der Waals surface area contributed by atoms with Gasteiger partial charge in [0.15, 0.2) is 11.3 Å². The van der Waals surface area contributed by atoms with Crippen LogP contribution in [0.1, 0.15) is 78.6 Å². The molecule has 0 radical (unpaired) electrons. The van der Waals surface area contributed by atoms with Gasteiger partial charge in [0.25, 0.3) is 12.3 Å². The summed E-state index contributed by atoms with van der Waals surface area (Å²) in [7, 11) is 1.68. The van der Waals surface area contributed by atoms with Gasteiger partial charge in [-0.1, -0.05) is 17.9 Å². The number of hydrogen-bond donors (Lipinski definition) is 2. The monoisotopic (exact) mass is 850 g/mol. The number of nitrogens with zero attached hydrogens (tertiary/aromatic N) is 10. The maximum absolute atomic E-state index is 14.3. The maximum atomic E-state index is 14.3. The van der Waals surface area contributed by atoms with Crippen LogP contribution in [0.5, 0.6) is 0 Å². The SMILES string of the molecule is Cn1c(=O)n(C2CCC(=O)NC2=O)c2cccc(C#CCN3CCN(C[C@H]4CC[C@H](n5cc(NC(=O)c6cnn7ccc(N8CC9(COC9)C8)nc67)c(C(F)F)n5)CC4)CC3)c21. The van der Waals surface area contributed by atoms with E-state index in [0.717, 1.165) is 90.5 Å². The molecular weight excluding hydrogens is 803 g/mol. The molecule has 62 heavy (non-hydrogen) atoms. The molecule has 17 nitrogen and oxygen atoms in total. The van der Waals surface area contributed by atoms with Crippen molar-refractivity contribution in [2.45, 2.75) is 57.0 Å². The number of para-hydroxylation sites is 1. The van der Waals surface area contributed by atoms with Crippen LogP contribution in [-0.2, 0) is 21.4 Å². The number of rotatable bonds is 9. The van der Waals surface area contributed by atoms with Crippen LogP contribution >= 0.6 is 0 Å². The highest BCUT2D eigenvalue weighted by Crippen LogP contribution is 2.40. The first kappa shape index (κ1) is 40.1. The number of aromatic nitrogens is 7. The van der Waals surface area contributed by atoms with Crippen LogP contribution in [0.4, 0.5) is 20.3 Å². The third kappa shape index (κ3) is 7.43. The number of amides is 3. The van der Waals surface area contributed by atoms with E-state index < -0.39 is 30.0 Å². The average molecular weight is 851 g/mol. The van der Waals surface area contributed by atoms with Gasteiger partial charge < -0.3 is 19.9 Å². The van der Waals surface area contributed by atoms with E-state index in [1.165, 1.54) is 26.0 Å². The van der Waals surface area contributed by atoms with E-state index in [9.17, 15) is 28.0 Å². The Morgan fingerprint density at radius 1 is 1.03 bits per heavy atom. The molecule has 19 heteroatoms. The highest BCUT2D eigenvalue weighted by atomic mass is 19.3. The molecule has 1 saturated carbocycles. The van der Waals surface area contributed by atoms with Crippen molar-refractivity contribution >= 4 is 45.9 Å². The Balaban J connectivity index is 0.713. The molecule has 5 aromatic rings. The van der Waals surface area contributed by atoms with E-state index in [1.807, 2.05) is 24.3 Å². The summed E-state index contributed by atoms with van der Waals surface area (Å²) in [5.74, 6) is 6.42. The minimum Gasteiger partial charge on any atom is -0.380 e. The molecule has 4 aromatic heterocycles. The fourth-order valence-electron chi connectivity index (χ4n) is 9.84. The molecular formula is C43H48F2N12O5. The minimum atomic E-state index is -2.86. The molecule has 1 spiro atoms. The number of halogens is 2. The first-order chi connectivity index (χ1) is 30.0. The zero-order valence-electron chi connectivity index (χ0n) is 34.4. The number of piperazine rings is 1.